The summed E-state index contributed by atoms with van der Waals surface area (Å²) in [4.78, 5) is 15.8. The summed E-state index contributed by atoms with van der Waals surface area (Å²) in [5.74, 6) is -0.573. The van der Waals surface area contributed by atoms with Gasteiger partial charge in [-0.2, -0.15) is 13.8 Å². The molecule has 2 aliphatic carbocycles. The van der Waals surface area contributed by atoms with Crippen molar-refractivity contribution < 1.29 is 13.9 Å². The molecule has 3 heterocycles. The summed E-state index contributed by atoms with van der Waals surface area (Å²) < 4.78 is 27.5. The second kappa shape index (κ2) is 11.6. The Morgan fingerprint density at radius 2 is 1.76 bits per heavy atom. The van der Waals surface area contributed by atoms with Gasteiger partial charge in [0.15, 0.2) is 0 Å². The molecule has 1 saturated heterocycles. The number of nitrogens with zero attached hydrogens (tertiary/aromatic N) is 4. The average molecular weight is 515 g/mol. The fourth-order valence-electron chi connectivity index (χ4n) is 6.14. The summed E-state index contributed by atoms with van der Waals surface area (Å²) in [6.07, 6.45) is 14.1. The number of hydrogen-bond acceptors (Lipinski definition) is 7. The van der Waals surface area contributed by atoms with E-state index in [1.54, 1.807) is 6.07 Å². The molecule has 0 unspecified atom stereocenters. The molecule has 9 heteroatoms. The van der Waals surface area contributed by atoms with Crippen LogP contribution in [-0.4, -0.2) is 56.7 Å². The van der Waals surface area contributed by atoms with Crippen LogP contribution in [0.25, 0.3) is 0 Å². The molecule has 0 spiro atoms. The molecule has 0 aromatic carbocycles. The first-order valence-corrected chi connectivity index (χ1v) is 14.0. The van der Waals surface area contributed by atoms with Crippen molar-refractivity contribution in [3.05, 3.63) is 35.8 Å². The van der Waals surface area contributed by atoms with Crippen molar-refractivity contribution in [3.8, 4) is 0 Å². The van der Waals surface area contributed by atoms with Crippen LogP contribution in [0.2, 0.25) is 0 Å². The minimum absolute atomic E-state index is 0.220. The second-order valence-electron chi connectivity index (χ2n) is 11.3. The molecule has 0 atom stereocenters. The fourth-order valence-corrected chi connectivity index (χ4v) is 6.14. The first kappa shape index (κ1) is 26.2. The Bertz CT molecular complexity index is 1030. The zero-order chi connectivity index (χ0) is 25.8. The topological polar surface area (TPSA) is 86.2 Å². The number of aromatic nitrogens is 3. The van der Waals surface area contributed by atoms with Gasteiger partial charge in [0.2, 0.25) is 5.95 Å². The predicted molar refractivity (Wildman–Crippen MR) is 141 cm³/mol. The van der Waals surface area contributed by atoms with Gasteiger partial charge in [-0.1, -0.05) is 12.8 Å². The highest BCUT2D eigenvalue weighted by molar-refractivity contribution is 5.57. The standard InChI is InChI=1S/C28H40F2N6O/c1-28(29,30)25-16-22(10-13-31-25)34-27-32-17-24(26(35-27)33-21-6-8-23(37)9-7-21)20-11-14-36(15-12-20)18-19-4-2-3-5-19/h10,13,16-17,19-21,23,37H,2-9,11-12,14-15,18H2,1H3,(H2,31,32,33,34,35). The van der Waals surface area contributed by atoms with E-state index in [2.05, 4.69) is 25.5 Å². The van der Waals surface area contributed by atoms with Crippen molar-refractivity contribution in [2.24, 2.45) is 5.92 Å². The molecule has 5 rings (SSSR count). The summed E-state index contributed by atoms with van der Waals surface area (Å²) in [6, 6.07) is 3.23. The Morgan fingerprint density at radius 1 is 1.03 bits per heavy atom. The highest BCUT2D eigenvalue weighted by atomic mass is 19.3. The summed E-state index contributed by atoms with van der Waals surface area (Å²) >= 11 is 0. The Balaban J connectivity index is 1.31. The van der Waals surface area contributed by atoms with Crippen molar-refractivity contribution >= 4 is 17.5 Å². The van der Waals surface area contributed by atoms with Crippen LogP contribution in [0.15, 0.2) is 24.5 Å². The Morgan fingerprint density at radius 3 is 2.46 bits per heavy atom. The normalized spacial score (nSPS) is 24.3. The molecule has 0 radical (unpaired) electrons. The largest absolute Gasteiger partial charge is 0.393 e. The monoisotopic (exact) mass is 514 g/mol. The van der Waals surface area contributed by atoms with Gasteiger partial charge in [0, 0.05) is 43.2 Å². The number of likely N-dealkylation sites (tertiary alicyclic amines) is 1. The molecule has 7 nitrogen and oxygen atoms in total. The van der Waals surface area contributed by atoms with Gasteiger partial charge in [0.25, 0.3) is 5.92 Å². The van der Waals surface area contributed by atoms with Crippen molar-refractivity contribution in [1.29, 1.82) is 0 Å². The van der Waals surface area contributed by atoms with E-state index in [9.17, 15) is 13.9 Å². The number of aliphatic hydroxyl groups is 1. The predicted octanol–water partition coefficient (Wildman–Crippen LogP) is 5.81. The lowest BCUT2D eigenvalue weighted by molar-refractivity contribution is 0.0128. The van der Waals surface area contributed by atoms with Crippen LogP contribution in [0.4, 0.5) is 26.2 Å². The van der Waals surface area contributed by atoms with E-state index in [4.69, 9.17) is 4.98 Å². The van der Waals surface area contributed by atoms with E-state index >= 15 is 0 Å². The lowest BCUT2D eigenvalue weighted by Crippen LogP contribution is -2.36. The Hall–Kier alpha value is -2.39. The average Bonchev–Trinajstić information content (AvgIpc) is 3.39. The van der Waals surface area contributed by atoms with E-state index in [1.165, 1.54) is 44.5 Å². The van der Waals surface area contributed by atoms with Crippen LogP contribution in [0.3, 0.4) is 0 Å². The van der Waals surface area contributed by atoms with Crippen LogP contribution in [0, 0.1) is 5.92 Å². The SMILES string of the molecule is CC(F)(F)c1cc(Nc2ncc(C3CCN(CC4CCCC4)CC3)c(NC3CCC(O)CC3)n2)ccn1. The fraction of sp³-hybridized carbons (Fsp3) is 0.679. The summed E-state index contributed by atoms with van der Waals surface area (Å²) in [5.41, 5.74) is 1.32. The zero-order valence-electron chi connectivity index (χ0n) is 21.8. The van der Waals surface area contributed by atoms with Crippen molar-refractivity contribution in [2.45, 2.75) is 95.1 Å². The van der Waals surface area contributed by atoms with Crippen molar-refractivity contribution in [1.82, 2.24) is 19.9 Å². The van der Waals surface area contributed by atoms with Crippen LogP contribution < -0.4 is 10.6 Å². The van der Waals surface area contributed by atoms with Gasteiger partial charge in [0.1, 0.15) is 11.5 Å². The van der Waals surface area contributed by atoms with E-state index in [0.717, 1.165) is 75.8 Å². The molecule has 37 heavy (non-hydrogen) atoms. The number of nitrogens with one attached hydrogen (secondary N) is 2. The smallest absolute Gasteiger partial charge is 0.287 e. The number of piperidine rings is 1. The van der Waals surface area contributed by atoms with E-state index < -0.39 is 5.92 Å². The maximum atomic E-state index is 13.8. The molecule has 0 amide bonds. The van der Waals surface area contributed by atoms with Crippen molar-refractivity contribution in [2.75, 3.05) is 30.3 Å². The third-order valence-corrected chi connectivity index (χ3v) is 8.34. The van der Waals surface area contributed by atoms with Gasteiger partial charge in [-0.05, 0) is 88.4 Å². The van der Waals surface area contributed by atoms with Gasteiger partial charge in [-0.3, -0.25) is 4.98 Å². The molecule has 1 aliphatic heterocycles. The highest BCUT2D eigenvalue weighted by Crippen LogP contribution is 2.35. The van der Waals surface area contributed by atoms with Crippen LogP contribution >= 0.6 is 0 Å². The third-order valence-electron chi connectivity index (χ3n) is 8.34. The summed E-state index contributed by atoms with van der Waals surface area (Å²) in [5, 5.41) is 16.7. The number of alkyl halides is 2. The first-order chi connectivity index (χ1) is 17.8. The van der Waals surface area contributed by atoms with Gasteiger partial charge in [-0.15, -0.1) is 0 Å². The Kier molecular flexibility index (Phi) is 8.19. The molecular weight excluding hydrogens is 474 g/mol. The lowest BCUT2D eigenvalue weighted by Gasteiger charge is -2.34. The van der Waals surface area contributed by atoms with Crippen LogP contribution in [0.5, 0.6) is 0 Å². The number of anilines is 3. The van der Waals surface area contributed by atoms with Gasteiger partial charge in [-0.25, -0.2) is 4.98 Å². The van der Waals surface area contributed by atoms with E-state index in [1.807, 2.05) is 6.20 Å². The summed E-state index contributed by atoms with van der Waals surface area (Å²) in [6.45, 7) is 4.27. The third kappa shape index (κ3) is 6.93. The maximum absolute atomic E-state index is 13.8. The minimum Gasteiger partial charge on any atom is -0.393 e. The van der Waals surface area contributed by atoms with Crippen molar-refractivity contribution in [3.63, 3.8) is 0 Å². The van der Waals surface area contributed by atoms with Gasteiger partial charge in [0.05, 0.1) is 6.10 Å². The molecular formula is C28H40F2N6O. The number of hydrogen-bond donors (Lipinski definition) is 3. The molecule has 202 valence electrons. The van der Waals surface area contributed by atoms with Crippen LogP contribution in [-0.2, 0) is 5.92 Å². The van der Waals surface area contributed by atoms with Crippen LogP contribution in [0.1, 0.15) is 88.3 Å². The van der Waals surface area contributed by atoms with Gasteiger partial charge >= 0.3 is 0 Å². The highest BCUT2D eigenvalue weighted by Gasteiger charge is 2.29. The molecule has 3 aliphatic rings. The number of aliphatic hydroxyl groups excluding tert-OH is 1. The molecule has 3 fully saturated rings. The second-order valence-corrected chi connectivity index (χ2v) is 11.3. The minimum atomic E-state index is -3.02. The molecule has 2 saturated carbocycles. The number of halogens is 2. The number of rotatable bonds is 8. The van der Waals surface area contributed by atoms with E-state index in [0.29, 0.717) is 17.6 Å². The van der Waals surface area contributed by atoms with E-state index in [-0.39, 0.29) is 17.8 Å². The molecule has 2 aromatic rings. The summed E-state index contributed by atoms with van der Waals surface area (Å²) in [7, 11) is 0. The Labute approximate surface area is 218 Å². The number of pyridine rings is 1. The lowest BCUT2D eigenvalue weighted by atomic mass is 9.89. The maximum Gasteiger partial charge on any atom is 0.287 e. The van der Waals surface area contributed by atoms with Gasteiger partial charge < -0.3 is 20.6 Å². The molecule has 3 N–H and O–H groups in total. The quantitative estimate of drug-likeness (QED) is 0.410. The first-order valence-electron chi connectivity index (χ1n) is 14.0. The zero-order valence-corrected chi connectivity index (χ0v) is 21.8. The molecule has 2 aromatic heterocycles. The molecule has 0 bridgehead atoms.